The number of benzene rings is 1. The molecule has 0 aliphatic heterocycles. The van der Waals surface area contributed by atoms with Crippen molar-refractivity contribution in [1.29, 1.82) is 0 Å². The summed E-state index contributed by atoms with van der Waals surface area (Å²) in [4.78, 5) is 21.3. The van der Waals surface area contributed by atoms with Crippen molar-refractivity contribution in [2.45, 2.75) is 30.9 Å². The van der Waals surface area contributed by atoms with Gasteiger partial charge in [0.25, 0.3) is 0 Å². The lowest BCUT2D eigenvalue weighted by Gasteiger charge is -2.20. The molecule has 104 valence electrons. The van der Waals surface area contributed by atoms with E-state index >= 15 is 0 Å². The fourth-order valence-electron chi connectivity index (χ4n) is 1.55. The fraction of sp³-hybridized carbons (Fsp3) is 0.429. The van der Waals surface area contributed by atoms with E-state index in [-0.39, 0.29) is 11.2 Å². The number of aldehydes is 1. The zero-order valence-electron chi connectivity index (χ0n) is 10.8. The molecule has 0 heterocycles. The maximum absolute atomic E-state index is 10.9. The van der Waals surface area contributed by atoms with Gasteiger partial charge in [0.05, 0.1) is 18.0 Å². The number of ether oxygens (including phenoxy) is 2. The molecule has 1 rings (SSSR count). The van der Waals surface area contributed by atoms with Crippen LogP contribution in [0.5, 0.6) is 0 Å². The summed E-state index contributed by atoms with van der Waals surface area (Å²) in [6, 6.07) is 9.77. The molecule has 0 radical (unpaired) electrons. The van der Waals surface area contributed by atoms with Crippen molar-refractivity contribution < 1.29 is 19.1 Å². The third kappa shape index (κ3) is 6.50. The summed E-state index contributed by atoms with van der Waals surface area (Å²) in [5, 5.41) is 0. The second kappa shape index (κ2) is 8.82. The molecular weight excluding hydrogens is 312 g/mol. The Kier molecular flexibility index (Phi) is 7.36. The smallest absolute Gasteiger partial charge is 0.302 e. The number of rotatable bonds is 8. The van der Waals surface area contributed by atoms with Gasteiger partial charge < -0.3 is 14.3 Å². The molecule has 5 heteroatoms. The van der Waals surface area contributed by atoms with Gasteiger partial charge in [-0.3, -0.25) is 4.79 Å². The maximum atomic E-state index is 10.9. The largest absolute Gasteiger partial charge is 0.461 e. The predicted octanol–water partition coefficient (Wildman–Crippen LogP) is 2.49. The Morgan fingerprint density at radius 1 is 1.37 bits per heavy atom. The standard InChI is InChI=1S/C14H17BrO4/c1-11(17)19-14(7-8-16)13(15)10-18-9-12-5-3-2-4-6-12/h2-6,8,13-14H,7,9-10H2,1H3. The van der Waals surface area contributed by atoms with Crippen LogP contribution in [0.1, 0.15) is 18.9 Å². The Balaban J connectivity index is 2.37. The van der Waals surface area contributed by atoms with Gasteiger partial charge in [-0.2, -0.15) is 0 Å². The first-order valence-electron chi connectivity index (χ1n) is 6.00. The van der Waals surface area contributed by atoms with Crippen LogP contribution in [-0.4, -0.2) is 29.8 Å². The van der Waals surface area contributed by atoms with Crippen LogP contribution in [0.4, 0.5) is 0 Å². The fourth-order valence-corrected chi connectivity index (χ4v) is 2.06. The third-order valence-electron chi connectivity index (χ3n) is 2.44. The number of hydrogen-bond acceptors (Lipinski definition) is 4. The van der Waals surface area contributed by atoms with Gasteiger partial charge in [0, 0.05) is 13.3 Å². The average Bonchev–Trinajstić information content (AvgIpc) is 2.39. The van der Waals surface area contributed by atoms with Gasteiger partial charge in [-0.15, -0.1) is 0 Å². The molecule has 1 aromatic carbocycles. The summed E-state index contributed by atoms with van der Waals surface area (Å²) >= 11 is 3.39. The van der Waals surface area contributed by atoms with E-state index in [1.165, 1.54) is 6.92 Å². The molecule has 2 atom stereocenters. The van der Waals surface area contributed by atoms with Gasteiger partial charge in [0.15, 0.2) is 0 Å². The van der Waals surface area contributed by atoms with Gasteiger partial charge in [-0.1, -0.05) is 46.3 Å². The van der Waals surface area contributed by atoms with Crippen molar-refractivity contribution in [3.05, 3.63) is 35.9 Å². The van der Waals surface area contributed by atoms with E-state index in [0.717, 1.165) is 11.8 Å². The predicted molar refractivity (Wildman–Crippen MR) is 75.0 cm³/mol. The van der Waals surface area contributed by atoms with Crippen LogP contribution in [-0.2, 0) is 25.7 Å². The number of hydrogen-bond donors (Lipinski definition) is 0. The molecule has 0 N–H and O–H groups in total. The molecular formula is C14H17BrO4. The molecule has 0 saturated heterocycles. The molecule has 0 aromatic heterocycles. The van der Waals surface area contributed by atoms with Crippen LogP contribution in [0, 0.1) is 0 Å². The van der Waals surface area contributed by atoms with E-state index in [2.05, 4.69) is 15.9 Å². The molecule has 0 fully saturated rings. The Bertz CT molecular complexity index is 394. The highest BCUT2D eigenvalue weighted by Crippen LogP contribution is 2.14. The average molecular weight is 329 g/mol. The molecule has 0 aliphatic carbocycles. The summed E-state index contributed by atoms with van der Waals surface area (Å²) in [6.45, 7) is 2.17. The van der Waals surface area contributed by atoms with E-state index in [1.807, 2.05) is 30.3 Å². The second-order valence-electron chi connectivity index (χ2n) is 4.07. The van der Waals surface area contributed by atoms with Crippen LogP contribution in [0.25, 0.3) is 0 Å². The first kappa shape index (κ1) is 15.9. The molecule has 0 bridgehead atoms. The van der Waals surface area contributed by atoms with E-state index in [1.54, 1.807) is 0 Å². The lowest BCUT2D eigenvalue weighted by atomic mass is 10.2. The highest BCUT2D eigenvalue weighted by molar-refractivity contribution is 9.09. The summed E-state index contributed by atoms with van der Waals surface area (Å²) < 4.78 is 10.6. The van der Waals surface area contributed by atoms with Crippen molar-refractivity contribution >= 4 is 28.2 Å². The lowest BCUT2D eigenvalue weighted by molar-refractivity contribution is -0.147. The van der Waals surface area contributed by atoms with Gasteiger partial charge in [0.2, 0.25) is 0 Å². The number of alkyl halides is 1. The van der Waals surface area contributed by atoms with Crippen LogP contribution in [0.15, 0.2) is 30.3 Å². The minimum atomic E-state index is -0.495. The molecule has 0 saturated carbocycles. The Labute approximate surface area is 121 Å². The van der Waals surface area contributed by atoms with Gasteiger partial charge in [0.1, 0.15) is 12.4 Å². The summed E-state index contributed by atoms with van der Waals surface area (Å²) in [5.74, 6) is -0.403. The quantitative estimate of drug-likeness (QED) is 0.418. The Morgan fingerprint density at radius 3 is 2.63 bits per heavy atom. The minimum Gasteiger partial charge on any atom is -0.461 e. The molecule has 19 heavy (non-hydrogen) atoms. The van der Waals surface area contributed by atoms with Crippen molar-refractivity contribution in [1.82, 2.24) is 0 Å². The van der Waals surface area contributed by atoms with E-state index in [4.69, 9.17) is 9.47 Å². The molecule has 1 aromatic rings. The van der Waals surface area contributed by atoms with Crippen molar-refractivity contribution in [2.75, 3.05) is 6.61 Å². The number of carbonyl (C=O) groups excluding carboxylic acids is 2. The Hall–Kier alpha value is -1.20. The monoisotopic (exact) mass is 328 g/mol. The van der Waals surface area contributed by atoms with Crippen LogP contribution in [0.2, 0.25) is 0 Å². The van der Waals surface area contributed by atoms with Gasteiger partial charge in [-0.25, -0.2) is 0 Å². The van der Waals surface area contributed by atoms with Gasteiger partial charge >= 0.3 is 5.97 Å². The maximum Gasteiger partial charge on any atom is 0.302 e. The normalized spacial score (nSPS) is 13.6. The SMILES string of the molecule is CC(=O)OC(CC=O)C(Br)COCc1ccccc1. The van der Waals surface area contributed by atoms with Crippen molar-refractivity contribution in [2.24, 2.45) is 0 Å². The highest BCUT2D eigenvalue weighted by atomic mass is 79.9. The summed E-state index contributed by atoms with van der Waals surface area (Å²) in [7, 11) is 0. The Morgan fingerprint density at radius 2 is 2.05 bits per heavy atom. The highest BCUT2D eigenvalue weighted by Gasteiger charge is 2.21. The molecule has 0 spiro atoms. The van der Waals surface area contributed by atoms with Crippen LogP contribution >= 0.6 is 15.9 Å². The molecule has 0 amide bonds. The summed E-state index contributed by atoms with van der Waals surface area (Å²) in [6.07, 6.45) is 0.397. The third-order valence-corrected chi connectivity index (χ3v) is 3.29. The summed E-state index contributed by atoms with van der Waals surface area (Å²) in [5.41, 5.74) is 1.07. The zero-order chi connectivity index (χ0) is 14.1. The second-order valence-corrected chi connectivity index (χ2v) is 5.24. The lowest BCUT2D eigenvalue weighted by Crippen LogP contribution is -2.30. The number of carbonyl (C=O) groups is 2. The first-order chi connectivity index (χ1) is 9.13. The minimum absolute atomic E-state index is 0.157. The molecule has 0 aliphatic rings. The van der Waals surface area contributed by atoms with E-state index < -0.39 is 12.1 Å². The molecule has 4 nitrogen and oxygen atoms in total. The topological polar surface area (TPSA) is 52.6 Å². The van der Waals surface area contributed by atoms with E-state index in [9.17, 15) is 9.59 Å². The number of halogens is 1. The van der Waals surface area contributed by atoms with Gasteiger partial charge in [-0.05, 0) is 5.56 Å². The molecule has 2 unspecified atom stereocenters. The van der Waals surface area contributed by atoms with Crippen molar-refractivity contribution in [3.63, 3.8) is 0 Å². The van der Waals surface area contributed by atoms with Crippen LogP contribution in [0.3, 0.4) is 0 Å². The number of esters is 1. The van der Waals surface area contributed by atoms with E-state index in [0.29, 0.717) is 13.2 Å². The zero-order valence-corrected chi connectivity index (χ0v) is 12.3. The van der Waals surface area contributed by atoms with Crippen molar-refractivity contribution in [3.8, 4) is 0 Å². The first-order valence-corrected chi connectivity index (χ1v) is 6.91. The van der Waals surface area contributed by atoms with Crippen LogP contribution < -0.4 is 0 Å².